The molecule has 136 valence electrons. The van der Waals surface area contributed by atoms with Gasteiger partial charge in [-0.2, -0.15) is 16.3 Å². The van der Waals surface area contributed by atoms with Gasteiger partial charge in [-0.15, -0.1) is 11.3 Å². The van der Waals surface area contributed by atoms with Crippen LogP contribution in [0.4, 0.5) is 0 Å². The number of carbonyl (C=O) groups is 2. The van der Waals surface area contributed by atoms with Crippen molar-refractivity contribution in [1.82, 2.24) is 20.4 Å². The number of thiophene rings is 1. The molecule has 0 saturated heterocycles. The first-order valence-corrected chi connectivity index (χ1v) is 9.55. The lowest BCUT2D eigenvalue weighted by Crippen LogP contribution is -2.26. The third-order valence-electron chi connectivity index (χ3n) is 3.57. The third-order valence-corrected chi connectivity index (χ3v) is 5.58. The van der Waals surface area contributed by atoms with Crippen LogP contribution in [0.3, 0.4) is 0 Å². The molecule has 0 saturated carbocycles. The molecule has 3 aromatic heterocycles. The second-order valence-electron chi connectivity index (χ2n) is 5.58. The summed E-state index contributed by atoms with van der Waals surface area (Å²) in [4.78, 5) is 31.9. The van der Waals surface area contributed by atoms with Gasteiger partial charge in [-0.3, -0.25) is 4.79 Å². The van der Waals surface area contributed by atoms with Crippen LogP contribution < -0.4 is 5.32 Å². The Morgan fingerprint density at radius 1 is 1.38 bits per heavy atom. The fourth-order valence-corrected chi connectivity index (χ4v) is 3.80. The Labute approximate surface area is 156 Å². The van der Waals surface area contributed by atoms with Crippen molar-refractivity contribution in [3.63, 3.8) is 0 Å². The minimum absolute atomic E-state index is 0.186. The van der Waals surface area contributed by atoms with Crippen molar-refractivity contribution in [1.29, 1.82) is 0 Å². The van der Waals surface area contributed by atoms with Crippen molar-refractivity contribution in [2.75, 3.05) is 0 Å². The summed E-state index contributed by atoms with van der Waals surface area (Å²) in [6.07, 6.45) is 0.513. The zero-order valence-corrected chi connectivity index (χ0v) is 15.7. The average Bonchev–Trinajstić information content (AvgIpc) is 3.32. The van der Waals surface area contributed by atoms with E-state index in [2.05, 4.69) is 20.4 Å². The number of carboxylic acids is 1. The standard InChI is InChI=1S/C16H16N4O4S2/c1-8-13(16(22)23)26-15(18-8)9(2)17-11(21)3-4-12-19-14(20-24-12)10-5-6-25-7-10/h5-7,9H,3-4H2,1-2H3,(H,17,21)(H,22,23). The molecule has 0 aliphatic heterocycles. The summed E-state index contributed by atoms with van der Waals surface area (Å²) >= 11 is 2.61. The van der Waals surface area contributed by atoms with Gasteiger partial charge in [0.1, 0.15) is 9.88 Å². The van der Waals surface area contributed by atoms with E-state index in [1.807, 2.05) is 16.8 Å². The number of nitrogens with one attached hydrogen (secondary N) is 1. The van der Waals surface area contributed by atoms with Gasteiger partial charge in [0.25, 0.3) is 0 Å². The number of aromatic nitrogens is 3. The number of thiazole rings is 1. The van der Waals surface area contributed by atoms with Gasteiger partial charge in [-0.05, 0) is 25.3 Å². The van der Waals surface area contributed by atoms with Crippen molar-refractivity contribution in [3.05, 3.63) is 38.3 Å². The van der Waals surface area contributed by atoms with Crippen molar-refractivity contribution >= 4 is 34.6 Å². The molecule has 0 aliphatic carbocycles. The molecule has 0 aromatic carbocycles. The molecule has 10 heteroatoms. The zero-order valence-electron chi connectivity index (χ0n) is 14.1. The normalized spacial score (nSPS) is 12.1. The summed E-state index contributed by atoms with van der Waals surface area (Å²) in [5, 5.41) is 20.2. The van der Waals surface area contributed by atoms with Crippen LogP contribution in [0.1, 0.15) is 45.7 Å². The SMILES string of the molecule is Cc1nc(C(C)NC(=O)CCc2nc(-c3ccsc3)no2)sc1C(=O)O. The Kier molecular flexibility index (Phi) is 5.43. The molecule has 0 fully saturated rings. The smallest absolute Gasteiger partial charge is 0.347 e. The first kappa shape index (κ1) is 18.2. The number of amides is 1. The van der Waals surface area contributed by atoms with Crippen LogP contribution in [-0.4, -0.2) is 32.1 Å². The van der Waals surface area contributed by atoms with E-state index in [9.17, 15) is 9.59 Å². The number of aromatic carboxylic acids is 1. The molecule has 8 nitrogen and oxygen atoms in total. The van der Waals surface area contributed by atoms with E-state index in [4.69, 9.17) is 9.63 Å². The molecule has 1 unspecified atom stereocenters. The Hall–Kier alpha value is -2.59. The van der Waals surface area contributed by atoms with Crippen LogP contribution in [0.2, 0.25) is 0 Å². The lowest BCUT2D eigenvalue weighted by molar-refractivity contribution is -0.121. The van der Waals surface area contributed by atoms with E-state index in [-0.39, 0.29) is 23.2 Å². The lowest BCUT2D eigenvalue weighted by Gasteiger charge is -2.10. The second-order valence-corrected chi connectivity index (χ2v) is 7.40. The number of hydrogen-bond donors (Lipinski definition) is 2. The minimum atomic E-state index is -1.01. The van der Waals surface area contributed by atoms with Gasteiger partial charge in [-0.1, -0.05) is 5.16 Å². The Bertz CT molecular complexity index is 917. The van der Waals surface area contributed by atoms with E-state index in [1.54, 1.807) is 25.2 Å². The molecule has 1 amide bonds. The van der Waals surface area contributed by atoms with Gasteiger partial charge < -0.3 is 14.9 Å². The van der Waals surface area contributed by atoms with Crippen LogP contribution in [0, 0.1) is 6.92 Å². The van der Waals surface area contributed by atoms with Crippen LogP contribution in [0.25, 0.3) is 11.4 Å². The number of hydrogen-bond acceptors (Lipinski definition) is 8. The molecule has 3 aromatic rings. The fraction of sp³-hybridized carbons (Fsp3) is 0.312. The van der Waals surface area contributed by atoms with Gasteiger partial charge in [0.05, 0.1) is 11.7 Å². The zero-order chi connectivity index (χ0) is 18.7. The van der Waals surface area contributed by atoms with Crippen LogP contribution >= 0.6 is 22.7 Å². The summed E-state index contributed by atoms with van der Waals surface area (Å²) in [7, 11) is 0. The summed E-state index contributed by atoms with van der Waals surface area (Å²) in [5.74, 6) is -0.304. The van der Waals surface area contributed by atoms with Gasteiger partial charge in [0, 0.05) is 23.8 Å². The van der Waals surface area contributed by atoms with E-state index >= 15 is 0 Å². The van der Waals surface area contributed by atoms with Crippen molar-refractivity contribution < 1.29 is 19.2 Å². The maximum atomic E-state index is 12.1. The molecule has 0 aliphatic rings. The molecule has 0 radical (unpaired) electrons. The van der Waals surface area contributed by atoms with Crippen molar-refractivity contribution in [2.24, 2.45) is 0 Å². The van der Waals surface area contributed by atoms with Gasteiger partial charge in [0.2, 0.25) is 17.6 Å². The van der Waals surface area contributed by atoms with Crippen LogP contribution in [0.15, 0.2) is 21.3 Å². The number of aryl methyl sites for hydroxylation is 2. The van der Waals surface area contributed by atoms with Crippen molar-refractivity contribution in [2.45, 2.75) is 32.7 Å². The summed E-state index contributed by atoms with van der Waals surface area (Å²) < 4.78 is 5.16. The number of rotatable bonds is 7. The largest absolute Gasteiger partial charge is 0.477 e. The molecule has 2 N–H and O–H groups in total. The maximum Gasteiger partial charge on any atom is 0.347 e. The predicted octanol–water partition coefficient (Wildman–Crippen LogP) is 3.07. The molecule has 3 rings (SSSR count). The van der Waals surface area contributed by atoms with E-state index in [1.165, 1.54) is 0 Å². The Morgan fingerprint density at radius 2 is 2.19 bits per heavy atom. The topological polar surface area (TPSA) is 118 Å². The fourth-order valence-electron chi connectivity index (χ4n) is 2.26. The molecule has 26 heavy (non-hydrogen) atoms. The second kappa shape index (κ2) is 7.75. The highest BCUT2D eigenvalue weighted by Crippen LogP contribution is 2.23. The maximum absolute atomic E-state index is 12.1. The van der Waals surface area contributed by atoms with Gasteiger partial charge in [-0.25, -0.2) is 9.78 Å². The van der Waals surface area contributed by atoms with Crippen LogP contribution in [-0.2, 0) is 11.2 Å². The lowest BCUT2D eigenvalue weighted by atomic mass is 10.2. The number of carbonyl (C=O) groups excluding carboxylic acids is 1. The number of carboxylic acid groups (broad SMARTS) is 1. The monoisotopic (exact) mass is 392 g/mol. The Balaban J connectivity index is 1.54. The summed E-state index contributed by atoms with van der Waals surface area (Å²) in [6.45, 7) is 3.40. The summed E-state index contributed by atoms with van der Waals surface area (Å²) in [6, 6.07) is 1.53. The first-order chi connectivity index (χ1) is 12.4. The molecule has 0 spiro atoms. The Morgan fingerprint density at radius 3 is 2.85 bits per heavy atom. The van der Waals surface area contributed by atoms with E-state index in [0.717, 1.165) is 16.9 Å². The van der Waals surface area contributed by atoms with Crippen LogP contribution in [0.5, 0.6) is 0 Å². The van der Waals surface area contributed by atoms with Gasteiger partial charge in [0.15, 0.2) is 0 Å². The highest BCUT2D eigenvalue weighted by atomic mass is 32.1. The van der Waals surface area contributed by atoms with E-state index in [0.29, 0.717) is 28.8 Å². The number of nitrogens with zero attached hydrogens (tertiary/aromatic N) is 3. The third kappa shape index (κ3) is 4.14. The molecule has 0 bridgehead atoms. The van der Waals surface area contributed by atoms with Crippen molar-refractivity contribution in [3.8, 4) is 11.4 Å². The predicted molar refractivity (Wildman–Crippen MR) is 96.3 cm³/mol. The highest BCUT2D eigenvalue weighted by Gasteiger charge is 2.19. The molecule has 1 atom stereocenters. The van der Waals surface area contributed by atoms with Gasteiger partial charge >= 0.3 is 5.97 Å². The molecule has 3 heterocycles. The highest BCUT2D eigenvalue weighted by molar-refractivity contribution is 7.13. The van der Waals surface area contributed by atoms with E-state index < -0.39 is 5.97 Å². The first-order valence-electron chi connectivity index (χ1n) is 7.79. The molecular formula is C16H16N4O4S2. The summed E-state index contributed by atoms with van der Waals surface area (Å²) in [5.41, 5.74) is 1.34. The molecular weight excluding hydrogens is 376 g/mol. The quantitative estimate of drug-likeness (QED) is 0.634. The average molecular weight is 392 g/mol. The minimum Gasteiger partial charge on any atom is -0.477 e.